The summed E-state index contributed by atoms with van der Waals surface area (Å²) in [4.78, 5) is 19.6. The second-order valence-electron chi connectivity index (χ2n) is 17.2. The van der Waals surface area contributed by atoms with Crippen LogP contribution in [0.5, 0.6) is 0 Å². The van der Waals surface area contributed by atoms with Gasteiger partial charge in [0.15, 0.2) is 12.1 Å². The summed E-state index contributed by atoms with van der Waals surface area (Å²) in [6, 6.07) is 0. The molecule has 1 spiro atoms. The molecule has 7 rings (SSSR count). The van der Waals surface area contributed by atoms with Crippen LogP contribution in [0.15, 0.2) is 64.4 Å². The maximum atomic E-state index is 14.5. The number of fused-ring (bicyclic) bond motifs is 2. The van der Waals surface area contributed by atoms with Gasteiger partial charge in [0, 0.05) is 38.2 Å². The highest BCUT2D eigenvalue weighted by atomic mass is 16.7. The first-order valence-corrected chi connectivity index (χ1v) is 20.8. The van der Waals surface area contributed by atoms with Crippen LogP contribution < -0.4 is 0 Å². The number of rotatable bonds is 5. The Morgan fingerprint density at radius 1 is 0.982 bits per heavy atom. The Kier molecular flexibility index (Phi) is 12.8. The van der Waals surface area contributed by atoms with Gasteiger partial charge in [-0.3, -0.25) is 4.79 Å². The summed E-state index contributed by atoms with van der Waals surface area (Å²) in [5.41, 5.74) is 0.856. The number of aliphatic hydroxyl groups excluding tert-OH is 1. The van der Waals surface area contributed by atoms with Gasteiger partial charge in [0.2, 0.25) is 0 Å². The van der Waals surface area contributed by atoms with Gasteiger partial charge in [-0.15, -0.1) is 0 Å². The van der Waals surface area contributed by atoms with Gasteiger partial charge < -0.3 is 48.2 Å². The number of carbonyl (C=O) groups is 1. The fourth-order valence-corrected chi connectivity index (χ4v) is 10.1. The number of hydrogen-bond acceptors (Lipinski definition) is 12. The molecule has 2 N–H and O–H groups in total. The highest BCUT2D eigenvalue weighted by molar-refractivity contribution is 6.07. The van der Waals surface area contributed by atoms with Crippen LogP contribution in [-0.4, -0.2) is 109 Å². The summed E-state index contributed by atoms with van der Waals surface area (Å²) in [6.07, 6.45) is 17.0. The molecule has 56 heavy (non-hydrogen) atoms. The van der Waals surface area contributed by atoms with Crippen molar-refractivity contribution in [2.24, 2.45) is 28.8 Å². The standard InChI is InChI=1S/C44H63NO11/c1-25-12-11-15-31-24-51-41-37(45-50-7)28(4)20-34(44(31,41)48)42(47)53-33-21-32(17-16-26(2)39(25)54-36-22-35(49-6)38(46)29(5)52-36)55-43(23-33)19-18-27(3)40(56-43)30-13-9-8-10-14-30/h11-12,15-16,18-20,25,27,29-30,32-36,38-41,46,48H,8-10,13-14,17,21-24H2,1-7H3/b12-11+,26-16+,31-15+,45-37+/t25-,27-,29-,32+,33-,34-,35-,36-,38-,39-,40-,41+,43+,44+/m0/s1. The van der Waals surface area contributed by atoms with Crippen LogP contribution in [-0.2, 0) is 42.8 Å². The van der Waals surface area contributed by atoms with E-state index >= 15 is 0 Å². The Hall–Kier alpha value is -2.68. The van der Waals surface area contributed by atoms with Crippen molar-refractivity contribution in [2.75, 3.05) is 20.8 Å². The molecule has 14 atom stereocenters. The van der Waals surface area contributed by atoms with Crippen molar-refractivity contribution in [3.8, 4) is 0 Å². The number of carbonyl (C=O) groups excluding carboxylic acids is 1. The number of aliphatic hydroxyl groups is 2. The van der Waals surface area contributed by atoms with Crippen molar-refractivity contribution in [1.82, 2.24) is 0 Å². The van der Waals surface area contributed by atoms with E-state index in [9.17, 15) is 15.0 Å². The Morgan fingerprint density at radius 2 is 1.77 bits per heavy atom. The average Bonchev–Trinajstić information content (AvgIpc) is 3.52. The number of ether oxygens (including phenoxy) is 7. The zero-order valence-electron chi connectivity index (χ0n) is 34.1. The lowest BCUT2D eigenvalue weighted by atomic mass is 9.71. The molecule has 2 aliphatic carbocycles. The molecule has 0 unspecified atom stereocenters. The molecule has 4 fully saturated rings. The molecule has 7 aliphatic rings. The third kappa shape index (κ3) is 8.27. The molecular weight excluding hydrogens is 718 g/mol. The molecule has 0 aromatic carbocycles. The van der Waals surface area contributed by atoms with Gasteiger partial charge in [-0.05, 0) is 68.7 Å². The molecule has 2 bridgehead atoms. The molecule has 5 aliphatic heterocycles. The lowest BCUT2D eigenvalue weighted by Gasteiger charge is -2.49. The normalized spacial score (nSPS) is 46.9. The van der Waals surface area contributed by atoms with E-state index in [1.807, 2.05) is 38.2 Å². The van der Waals surface area contributed by atoms with E-state index in [2.05, 4.69) is 38.1 Å². The van der Waals surface area contributed by atoms with E-state index in [1.54, 1.807) is 13.2 Å². The molecule has 5 heterocycles. The minimum absolute atomic E-state index is 0.00416. The summed E-state index contributed by atoms with van der Waals surface area (Å²) in [7, 11) is 3.04. The quantitative estimate of drug-likeness (QED) is 0.192. The molecule has 0 aromatic heterocycles. The maximum Gasteiger partial charge on any atom is 0.316 e. The van der Waals surface area contributed by atoms with Gasteiger partial charge in [0.1, 0.15) is 42.7 Å². The molecule has 12 heteroatoms. The van der Waals surface area contributed by atoms with Crippen LogP contribution in [0.25, 0.3) is 0 Å². The number of nitrogens with zero attached hydrogens (tertiary/aromatic N) is 1. The smallest absolute Gasteiger partial charge is 0.316 e. The van der Waals surface area contributed by atoms with Crippen molar-refractivity contribution in [3.63, 3.8) is 0 Å². The first-order chi connectivity index (χ1) is 26.9. The Morgan fingerprint density at radius 3 is 2.52 bits per heavy atom. The second-order valence-corrected chi connectivity index (χ2v) is 17.2. The number of hydrogen-bond donors (Lipinski definition) is 2. The first-order valence-electron chi connectivity index (χ1n) is 20.8. The molecule has 0 radical (unpaired) electrons. The minimum atomic E-state index is -1.77. The van der Waals surface area contributed by atoms with E-state index in [4.69, 9.17) is 38.0 Å². The van der Waals surface area contributed by atoms with E-state index < -0.39 is 66.2 Å². The predicted octanol–water partition coefficient (Wildman–Crippen LogP) is 6.02. The van der Waals surface area contributed by atoms with E-state index in [0.717, 1.165) is 18.4 Å². The number of allylic oxidation sites excluding steroid dienone is 2. The molecule has 310 valence electrons. The van der Waals surface area contributed by atoms with Gasteiger partial charge in [0.25, 0.3) is 0 Å². The van der Waals surface area contributed by atoms with E-state index in [-0.39, 0.29) is 30.7 Å². The lowest BCUT2D eigenvalue weighted by Crippen LogP contribution is -2.57. The number of methoxy groups -OCH3 is 1. The summed E-state index contributed by atoms with van der Waals surface area (Å²) < 4.78 is 45.2. The fourth-order valence-electron chi connectivity index (χ4n) is 10.1. The predicted molar refractivity (Wildman–Crippen MR) is 208 cm³/mol. The van der Waals surface area contributed by atoms with E-state index in [1.165, 1.54) is 26.4 Å². The van der Waals surface area contributed by atoms with Crippen molar-refractivity contribution in [1.29, 1.82) is 0 Å². The highest BCUT2D eigenvalue weighted by Crippen LogP contribution is 2.47. The summed E-state index contributed by atoms with van der Waals surface area (Å²) in [5, 5.41) is 27.5. The molecule has 3 saturated heterocycles. The zero-order chi connectivity index (χ0) is 39.8. The molecule has 0 amide bonds. The third-order valence-electron chi connectivity index (χ3n) is 13.2. The van der Waals surface area contributed by atoms with Crippen molar-refractivity contribution >= 4 is 11.7 Å². The molecule has 1 saturated carbocycles. The Balaban J connectivity index is 1.26. The van der Waals surface area contributed by atoms with Crippen LogP contribution in [0.3, 0.4) is 0 Å². The van der Waals surface area contributed by atoms with Crippen LogP contribution >= 0.6 is 0 Å². The van der Waals surface area contributed by atoms with Crippen molar-refractivity contribution < 1.29 is 53.0 Å². The lowest BCUT2D eigenvalue weighted by molar-refractivity contribution is -0.301. The number of esters is 1. The van der Waals surface area contributed by atoms with Crippen molar-refractivity contribution in [3.05, 3.63) is 59.3 Å². The zero-order valence-corrected chi connectivity index (χ0v) is 34.1. The Labute approximate surface area is 331 Å². The van der Waals surface area contributed by atoms with Crippen LogP contribution in [0.2, 0.25) is 0 Å². The van der Waals surface area contributed by atoms with Crippen LogP contribution in [0.4, 0.5) is 0 Å². The second kappa shape index (κ2) is 17.3. The molecule has 0 aromatic rings. The van der Waals surface area contributed by atoms with Crippen LogP contribution in [0.1, 0.15) is 92.4 Å². The summed E-state index contributed by atoms with van der Waals surface area (Å²) >= 11 is 0. The van der Waals surface area contributed by atoms with Gasteiger partial charge in [-0.1, -0.05) is 74.7 Å². The first kappa shape index (κ1) is 41.5. The van der Waals surface area contributed by atoms with Gasteiger partial charge in [-0.25, -0.2) is 0 Å². The fraction of sp³-hybridized carbons (Fsp3) is 0.727. The van der Waals surface area contributed by atoms with Gasteiger partial charge in [0.05, 0.1) is 37.1 Å². The molecule has 12 nitrogen and oxygen atoms in total. The number of oxime groups is 1. The van der Waals surface area contributed by atoms with Crippen molar-refractivity contribution in [2.45, 2.75) is 159 Å². The third-order valence-corrected chi connectivity index (χ3v) is 13.2. The van der Waals surface area contributed by atoms with Gasteiger partial charge >= 0.3 is 5.97 Å². The topological polar surface area (TPSA) is 144 Å². The summed E-state index contributed by atoms with van der Waals surface area (Å²) in [6.45, 7) is 10.1. The minimum Gasteiger partial charge on any atom is -0.462 e. The van der Waals surface area contributed by atoms with Crippen LogP contribution in [0, 0.1) is 23.7 Å². The monoisotopic (exact) mass is 781 g/mol. The average molecular weight is 782 g/mol. The SMILES string of the molecule is CO/N=C1\C(C)=C[C@H]2C(=O)O[C@H]3C[C@@H](C/C=C(\C)[C@@H](O[C@H]4C[C@H](OC)[C@@H](O)[C@H](C)O4)[C@@H](C)/C=C/C=C4\CO[C@H]1[C@@]42O)O[C@@]1(C=C[C@H](C)[C@@H](C2CCCCC2)O1)C3. The Bertz CT molecular complexity index is 1610. The van der Waals surface area contributed by atoms with E-state index in [0.29, 0.717) is 48.5 Å². The summed E-state index contributed by atoms with van der Waals surface area (Å²) in [5.74, 6) is -2.14. The van der Waals surface area contributed by atoms with Gasteiger partial charge in [-0.2, -0.15) is 0 Å². The maximum absolute atomic E-state index is 14.5. The molecular formula is C44H63NO11. The largest absolute Gasteiger partial charge is 0.462 e. The highest BCUT2D eigenvalue weighted by Gasteiger charge is 2.60.